The number of hydrogen-bond donors (Lipinski definition) is 1. The number of halogens is 3. The molecule has 1 rings (SSSR count). The Morgan fingerprint density at radius 1 is 1.09 bits per heavy atom. The van der Waals surface area contributed by atoms with Gasteiger partial charge in [0, 0.05) is 36.8 Å². The van der Waals surface area contributed by atoms with Gasteiger partial charge in [-0.15, -0.1) is 0 Å². The van der Waals surface area contributed by atoms with Gasteiger partial charge in [0.15, 0.2) is 0 Å². The lowest BCUT2D eigenvalue weighted by Crippen LogP contribution is -2.28. The van der Waals surface area contributed by atoms with E-state index in [1.807, 2.05) is 18.0 Å². The van der Waals surface area contributed by atoms with Gasteiger partial charge in [-0.05, 0) is 61.9 Å². The third-order valence-corrected chi connectivity index (χ3v) is 5.38. The first-order chi connectivity index (χ1) is 15.4. The van der Waals surface area contributed by atoms with E-state index in [0.29, 0.717) is 17.9 Å². The van der Waals surface area contributed by atoms with Gasteiger partial charge in [-0.1, -0.05) is 47.8 Å². The molecule has 0 atom stereocenters. The van der Waals surface area contributed by atoms with Crippen molar-refractivity contribution in [3.63, 3.8) is 0 Å². The predicted octanol–water partition coefficient (Wildman–Crippen LogP) is 7.32. The van der Waals surface area contributed by atoms with Crippen molar-refractivity contribution in [2.75, 3.05) is 25.4 Å². The molecule has 2 N–H and O–H groups in total. The Hall–Kier alpha value is -2.28. The number of nitrogens with two attached hydrogens (primary N) is 1. The summed E-state index contributed by atoms with van der Waals surface area (Å²) in [6.45, 7) is 22.0. The first-order valence-electron chi connectivity index (χ1n) is 11.8. The van der Waals surface area contributed by atoms with Crippen LogP contribution in [0.1, 0.15) is 77.8 Å². The van der Waals surface area contributed by atoms with Crippen LogP contribution in [-0.2, 0) is 6.18 Å². The van der Waals surface area contributed by atoms with Crippen molar-refractivity contribution in [1.29, 1.82) is 0 Å². The quantitative estimate of drug-likeness (QED) is 0.312. The maximum Gasteiger partial charge on any atom is 0.419 e. The molecule has 0 fully saturated rings. The lowest BCUT2D eigenvalue weighted by molar-refractivity contribution is -0.137. The van der Waals surface area contributed by atoms with Gasteiger partial charge in [-0.2, -0.15) is 13.2 Å². The van der Waals surface area contributed by atoms with E-state index in [1.54, 1.807) is 0 Å². The second kappa shape index (κ2) is 13.4. The van der Waals surface area contributed by atoms with E-state index in [9.17, 15) is 13.2 Å². The van der Waals surface area contributed by atoms with Crippen LogP contribution in [0.3, 0.4) is 0 Å². The highest BCUT2D eigenvalue weighted by Crippen LogP contribution is 2.35. The first-order valence-corrected chi connectivity index (χ1v) is 11.8. The standard InChI is InChI=1S/C26H41F3N4/c1-8-12-32(13-9-2)14-11-20(6)33(21(7)15-19(4)5)18-22(10-3)23-16-24(26(27,28)29)25(30)31-17-23/h16-19H,6-15H2,1-5H3,(H2,30,31)/b22-18+. The molecule has 0 aliphatic heterocycles. The van der Waals surface area contributed by atoms with Crippen LogP contribution >= 0.6 is 0 Å². The normalized spacial score (nSPS) is 12.5. The van der Waals surface area contributed by atoms with Crippen LogP contribution in [0.15, 0.2) is 43.0 Å². The summed E-state index contributed by atoms with van der Waals surface area (Å²) in [6, 6.07) is 1.08. The minimum Gasteiger partial charge on any atom is -0.383 e. The molecule has 0 amide bonds. The molecule has 0 aliphatic rings. The number of aromatic nitrogens is 1. The number of pyridine rings is 1. The molecule has 7 heteroatoms. The topological polar surface area (TPSA) is 45.4 Å². The Labute approximate surface area is 198 Å². The Balaban J connectivity index is 3.29. The summed E-state index contributed by atoms with van der Waals surface area (Å²) in [5.41, 5.74) is 7.44. The van der Waals surface area contributed by atoms with Crippen molar-refractivity contribution in [2.24, 2.45) is 5.92 Å². The first kappa shape index (κ1) is 28.8. The van der Waals surface area contributed by atoms with Crippen LogP contribution in [0.4, 0.5) is 19.0 Å². The summed E-state index contributed by atoms with van der Waals surface area (Å²) in [5.74, 6) is -0.128. The SMILES string of the molecule is C=C(CCN(CCC)CCC)N(/C=C(\CC)c1cnc(N)c(C(F)(F)F)c1)C(=C)CC(C)C. The van der Waals surface area contributed by atoms with E-state index in [0.717, 1.165) is 68.4 Å². The number of nitrogen functional groups attached to an aromatic ring is 1. The van der Waals surface area contributed by atoms with Gasteiger partial charge in [0.2, 0.25) is 0 Å². The lowest BCUT2D eigenvalue weighted by atomic mass is 10.0. The van der Waals surface area contributed by atoms with E-state index in [-0.39, 0.29) is 0 Å². The fraction of sp³-hybridized carbons (Fsp3) is 0.577. The van der Waals surface area contributed by atoms with E-state index in [1.165, 1.54) is 6.20 Å². The molecule has 1 heterocycles. The molecule has 186 valence electrons. The molecule has 1 aromatic heterocycles. The van der Waals surface area contributed by atoms with Gasteiger partial charge in [0.05, 0.1) is 5.56 Å². The molecule has 0 radical (unpaired) electrons. The van der Waals surface area contributed by atoms with E-state index in [2.05, 4.69) is 50.7 Å². The minimum absolute atomic E-state index is 0.387. The largest absolute Gasteiger partial charge is 0.419 e. The van der Waals surface area contributed by atoms with Crippen molar-refractivity contribution in [1.82, 2.24) is 14.8 Å². The zero-order valence-electron chi connectivity index (χ0n) is 20.9. The number of anilines is 1. The Morgan fingerprint density at radius 3 is 2.18 bits per heavy atom. The molecule has 0 saturated heterocycles. The van der Waals surface area contributed by atoms with Gasteiger partial charge in [-0.25, -0.2) is 4.98 Å². The van der Waals surface area contributed by atoms with Crippen molar-refractivity contribution in [3.8, 4) is 0 Å². The van der Waals surface area contributed by atoms with Crippen LogP contribution < -0.4 is 5.73 Å². The average Bonchev–Trinajstić information content (AvgIpc) is 2.72. The molecule has 0 saturated carbocycles. The van der Waals surface area contributed by atoms with Gasteiger partial charge >= 0.3 is 6.18 Å². The molecular formula is C26H41F3N4. The summed E-state index contributed by atoms with van der Waals surface area (Å²) in [4.78, 5) is 8.18. The highest BCUT2D eigenvalue weighted by atomic mass is 19.4. The summed E-state index contributed by atoms with van der Waals surface area (Å²) >= 11 is 0. The van der Waals surface area contributed by atoms with Crippen LogP contribution in [0.5, 0.6) is 0 Å². The number of rotatable bonds is 14. The van der Waals surface area contributed by atoms with Gasteiger partial charge < -0.3 is 15.5 Å². The zero-order chi connectivity index (χ0) is 25.2. The van der Waals surface area contributed by atoms with Gasteiger partial charge in [0.1, 0.15) is 5.82 Å². The van der Waals surface area contributed by atoms with Crippen LogP contribution in [0.25, 0.3) is 5.57 Å². The lowest BCUT2D eigenvalue weighted by Gasteiger charge is -2.29. The maximum absolute atomic E-state index is 13.4. The van der Waals surface area contributed by atoms with E-state index in [4.69, 9.17) is 5.73 Å². The highest BCUT2D eigenvalue weighted by Gasteiger charge is 2.34. The monoisotopic (exact) mass is 466 g/mol. The van der Waals surface area contributed by atoms with Crippen LogP contribution in [-0.4, -0.2) is 34.4 Å². The fourth-order valence-electron chi connectivity index (χ4n) is 3.76. The molecule has 33 heavy (non-hydrogen) atoms. The third-order valence-electron chi connectivity index (χ3n) is 5.38. The Morgan fingerprint density at radius 2 is 1.70 bits per heavy atom. The number of hydrogen-bond acceptors (Lipinski definition) is 4. The molecule has 4 nitrogen and oxygen atoms in total. The summed E-state index contributed by atoms with van der Waals surface area (Å²) in [7, 11) is 0. The minimum atomic E-state index is -4.56. The second-order valence-corrected chi connectivity index (χ2v) is 8.85. The fourth-order valence-corrected chi connectivity index (χ4v) is 3.76. The summed E-state index contributed by atoms with van der Waals surface area (Å²) in [6.07, 6.45) is 2.91. The Bertz CT molecular complexity index is 806. The molecule has 0 aliphatic carbocycles. The third kappa shape index (κ3) is 9.24. The number of nitrogens with zero attached hydrogens (tertiary/aromatic N) is 3. The molecule has 0 spiro atoms. The van der Waals surface area contributed by atoms with Crippen molar-refractivity contribution in [3.05, 3.63) is 54.1 Å². The predicted molar refractivity (Wildman–Crippen MR) is 133 cm³/mol. The number of allylic oxidation sites excluding steroid dienone is 2. The van der Waals surface area contributed by atoms with Gasteiger partial charge in [0.25, 0.3) is 0 Å². The van der Waals surface area contributed by atoms with Crippen molar-refractivity contribution >= 4 is 11.4 Å². The average molecular weight is 467 g/mol. The zero-order valence-corrected chi connectivity index (χ0v) is 20.9. The smallest absolute Gasteiger partial charge is 0.383 e. The molecule has 1 aromatic rings. The second-order valence-electron chi connectivity index (χ2n) is 8.85. The highest BCUT2D eigenvalue weighted by molar-refractivity contribution is 5.67. The van der Waals surface area contributed by atoms with E-state index >= 15 is 0 Å². The van der Waals surface area contributed by atoms with Gasteiger partial charge in [-0.3, -0.25) is 0 Å². The number of alkyl halides is 3. The maximum atomic E-state index is 13.4. The Kier molecular flexibility index (Phi) is 11.7. The van der Waals surface area contributed by atoms with Crippen molar-refractivity contribution in [2.45, 2.75) is 72.9 Å². The molecule has 0 aromatic carbocycles. The van der Waals surface area contributed by atoms with E-state index < -0.39 is 17.6 Å². The molecule has 0 unspecified atom stereocenters. The molecule has 0 bridgehead atoms. The van der Waals surface area contributed by atoms with Crippen LogP contribution in [0, 0.1) is 5.92 Å². The summed E-state index contributed by atoms with van der Waals surface area (Å²) < 4.78 is 40.1. The van der Waals surface area contributed by atoms with Crippen LogP contribution in [0.2, 0.25) is 0 Å². The molecular weight excluding hydrogens is 425 g/mol. The van der Waals surface area contributed by atoms with Crippen molar-refractivity contribution < 1.29 is 13.2 Å². The summed E-state index contributed by atoms with van der Waals surface area (Å²) in [5, 5.41) is 0.